The van der Waals surface area contributed by atoms with Crippen molar-refractivity contribution in [1.82, 2.24) is 0 Å². The molecular formula is C38H30Cl2O2P2. The molecule has 0 aliphatic heterocycles. The summed E-state index contributed by atoms with van der Waals surface area (Å²) in [5.74, 6) is 1.20. The zero-order chi connectivity index (χ0) is 30.5. The van der Waals surface area contributed by atoms with Gasteiger partial charge in [-0.05, 0) is 59.8 Å². The van der Waals surface area contributed by atoms with Gasteiger partial charge in [-0.15, -0.1) is 0 Å². The van der Waals surface area contributed by atoms with E-state index in [1.807, 2.05) is 12.1 Å². The van der Waals surface area contributed by atoms with Crippen LogP contribution in [0.25, 0.3) is 11.1 Å². The van der Waals surface area contributed by atoms with Crippen molar-refractivity contribution in [2.75, 3.05) is 14.2 Å². The van der Waals surface area contributed by atoms with Crippen molar-refractivity contribution in [1.29, 1.82) is 0 Å². The van der Waals surface area contributed by atoms with Crippen LogP contribution in [-0.4, -0.2) is 14.2 Å². The van der Waals surface area contributed by atoms with Crippen LogP contribution >= 0.6 is 39.0 Å². The van der Waals surface area contributed by atoms with Crippen molar-refractivity contribution in [3.05, 3.63) is 156 Å². The molecule has 0 aliphatic carbocycles. The summed E-state index contributed by atoms with van der Waals surface area (Å²) in [4.78, 5) is 0. The second kappa shape index (κ2) is 14.0. The van der Waals surface area contributed by atoms with Gasteiger partial charge >= 0.3 is 0 Å². The highest BCUT2D eigenvalue weighted by atomic mass is 35.5. The van der Waals surface area contributed by atoms with Crippen LogP contribution in [-0.2, 0) is 0 Å². The Hall–Kier alpha value is -3.64. The Morgan fingerprint density at radius 3 is 0.909 bits per heavy atom. The number of ether oxygens (including phenoxy) is 2. The van der Waals surface area contributed by atoms with E-state index in [0.29, 0.717) is 21.5 Å². The van der Waals surface area contributed by atoms with E-state index in [1.165, 1.54) is 21.2 Å². The molecule has 0 aromatic heterocycles. The molecule has 0 bridgehead atoms. The van der Waals surface area contributed by atoms with Gasteiger partial charge in [0.15, 0.2) is 0 Å². The largest absolute Gasteiger partial charge is 0.495 e. The average molecular weight is 652 g/mol. The van der Waals surface area contributed by atoms with Gasteiger partial charge in [0.1, 0.15) is 11.5 Å². The molecule has 0 heterocycles. The van der Waals surface area contributed by atoms with E-state index in [1.54, 1.807) is 14.2 Å². The van der Waals surface area contributed by atoms with Crippen LogP contribution in [0.5, 0.6) is 11.5 Å². The Morgan fingerprint density at radius 1 is 0.386 bits per heavy atom. The molecule has 0 spiro atoms. The zero-order valence-corrected chi connectivity index (χ0v) is 27.6. The number of methoxy groups -OCH3 is 2. The normalized spacial score (nSPS) is 11.1. The minimum absolute atomic E-state index is 0.527. The molecule has 0 aliphatic rings. The summed E-state index contributed by atoms with van der Waals surface area (Å²) >= 11 is 13.9. The second-order valence-electron chi connectivity index (χ2n) is 9.96. The Balaban J connectivity index is 1.74. The molecule has 0 radical (unpaired) electrons. The summed E-state index contributed by atoms with van der Waals surface area (Å²) in [7, 11) is 1.31. The van der Waals surface area contributed by atoms with Crippen LogP contribution in [0.3, 0.4) is 0 Å². The molecule has 6 rings (SSSR count). The lowest BCUT2D eigenvalue weighted by Gasteiger charge is -2.29. The summed E-state index contributed by atoms with van der Waals surface area (Å²) < 4.78 is 12.3. The topological polar surface area (TPSA) is 18.5 Å². The maximum absolute atomic E-state index is 6.96. The van der Waals surface area contributed by atoms with E-state index in [0.717, 1.165) is 21.7 Å². The number of rotatable bonds is 9. The highest BCUT2D eigenvalue weighted by Gasteiger charge is 2.31. The highest BCUT2D eigenvalue weighted by Crippen LogP contribution is 2.50. The third kappa shape index (κ3) is 6.01. The van der Waals surface area contributed by atoms with Crippen LogP contribution in [0.4, 0.5) is 0 Å². The molecule has 2 nitrogen and oxygen atoms in total. The molecule has 0 unspecified atom stereocenters. The first-order valence-electron chi connectivity index (χ1n) is 14.2. The first-order valence-corrected chi connectivity index (χ1v) is 17.6. The van der Waals surface area contributed by atoms with Gasteiger partial charge in [0.25, 0.3) is 0 Å². The quantitative estimate of drug-likeness (QED) is 0.147. The summed E-state index contributed by atoms with van der Waals surface area (Å²) in [6.07, 6.45) is 0. The average Bonchev–Trinajstić information content (AvgIpc) is 3.08. The second-order valence-corrected chi connectivity index (χ2v) is 15.1. The van der Waals surface area contributed by atoms with E-state index in [2.05, 4.69) is 133 Å². The minimum Gasteiger partial charge on any atom is -0.495 e. The predicted octanol–water partition coefficient (Wildman–Crippen LogP) is 8.19. The van der Waals surface area contributed by atoms with E-state index >= 15 is 0 Å². The fraction of sp³-hybridized carbons (Fsp3) is 0.0526. The fourth-order valence-electron chi connectivity index (χ4n) is 5.51. The van der Waals surface area contributed by atoms with Crippen molar-refractivity contribution in [3.8, 4) is 22.6 Å². The lowest BCUT2D eigenvalue weighted by atomic mass is 10.0. The maximum atomic E-state index is 6.96. The minimum atomic E-state index is -1.02. The summed E-state index contributed by atoms with van der Waals surface area (Å²) in [5.41, 5.74) is 1.79. The van der Waals surface area contributed by atoms with Crippen molar-refractivity contribution in [2.45, 2.75) is 0 Å². The molecule has 0 atom stereocenters. The molecule has 0 saturated heterocycles. The molecular weight excluding hydrogens is 621 g/mol. The SMILES string of the molecule is COc1c(Cl)ccc(P(c2ccccc2)c2ccccc2)c1-c1c(P(c2ccccc2)c2ccccc2)ccc(Cl)c1OC. The summed E-state index contributed by atoms with van der Waals surface area (Å²) in [5, 5.41) is 8.14. The highest BCUT2D eigenvalue weighted by molar-refractivity contribution is 7.80. The van der Waals surface area contributed by atoms with Gasteiger partial charge in [0.05, 0.1) is 24.3 Å². The molecule has 0 amide bonds. The Kier molecular flexibility index (Phi) is 9.66. The van der Waals surface area contributed by atoms with E-state index in [4.69, 9.17) is 32.7 Å². The first-order chi connectivity index (χ1) is 21.6. The van der Waals surface area contributed by atoms with Gasteiger partial charge in [-0.2, -0.15) is 0 Å². The lowest BCUT2D eigenvalue weighted by molar-refractivity contribution is 0.411. The van der Waals surface area contributed by atoms with Crippen LogP contribution in [0.15, 0.2) is 146 Å². The van der Waals surface area contributed by atoms with Crippen molar-refractivity contribution >= 4 is 70.9 Å². The van der Waals surface area contributed by atoms with Gasteiger partial charge in [-0.1, -0.05) is 157 Å². The summed E-state index contributed by atoms with van der Waals surface area (Å²) in [6.45, 7) is 0. The Labute approximate surface area is 271 Å². The molecule has 44 heavy (non-hydrogen) atoms. The van der Waals surface area contributed by atoms with Crippen LogP contribution in [0.2, 0.25) is 10.0 Å². The Bertz CT molecular complexity index is 1630. The van der Waals surface area contributed by atoms with Gasteiger partial charge < -0.3 is 9.47 Å². The van der Waals surface area contributed by atoms with Crippen LogP contribution in [0, 0.1) is 0 Å². The smallest absolute Gasteiger partial charge is 0.146 e. The van der Waals surface area contributed by atoms with Crippen molar-refractivity contribution < 1.29 is 9.47 Å². The van der Waals surface area contributed by atoms with E-state index in [-0.39, 0.29) is 0 Å². The van der Waals surface area contributed by atoms with E-state index in [9.17, 15) is 0 Å². The molecule has 6 aromatic rings. The van der Waals surface area contributed by atoms with Gasteiger partial charge in [0, 0.05) is 11.1 Å². The number of hydrogen-bond donors (Lipinski definition) is 0. The van der Waals surface area contributed by atoms with Crippen LogP contribution in [0.1, 0.15) is 0 Å². The van der Waals surface area contributed by atoms with Gasteiger partial charge in [0.2, 0.25) is 0 Å². The van der Waals surface area contributed by atoms with Crippen molar-refractivity contribution in [3.63, 3.8) is 0 Å². The van der Waals surface area contributed by atoms with Gasteiger partial charge in [-0.3, -0.25) is 0 Å². The molecule has 6 aromatic carbocycles. The monoisotopic (exact) mass is 650 g/mol. The van der Waals surface area contributed by atoms with Crippen LogP contribution < -0.4 is 41.3 Å². The zero-order valence-electron chi connectivity index (χ0n) is 24.3. The number of hydrogen-bond acceptors (Lipinski definition) is 2. The standard InChI is InChI=1S/C38H30Cl2O2P2/c1-41-37-31(39)23-25-33(43(27-15-7-3-8-16-27)28-17-9-4-10-18-28)35(37)36-34(26-24-32(40)38(36)42-2)44(29-19-11-5-12-20-29)30-21-13-6-14-22-30/h3-26H,1-2H3. The fourth-order valence-corrected chi connectivity index (χ4v) is 10.9. The number of benzene rings is 6. The molecule has 0 fully saturated rings. The lowest BCUT2D eigenvalue weighted by Crippen LogP contribution is -2.26. The maximum Gasteiger partial charge on any atom is 0.146 e. The van der Waals surface area contributed by atoms with Gasteiger partial charge in [-0.25, -0.2) is 0 Å². The summed E-state index contributed by atoms with van der Waals surface area (Å²) in [6, 6.07) is 50.7. The van der Waals surface area contributed by atoms with E-state index < -0.39 is 15.8 Å². The first kappa shape index (κ1) is 30.4. The third-order valence-electron chi connectivity index (χ3n) is 7.37. The predicted molar refractivity (Wildman–Crippen MR) is 192 cm³/mol. The third-order valence-corrected chi connectivity index (χ3v) is 12.9. The molecule has 218 valence electrons. The van der Waals surface area contributed by atoms with Crippen molar-refractivity contribution in [2.24, 2.45) is 0 Å². The molecule has 0 N–H and O–H groups in total. The number of halogens is 2. The molecule has 6 heteroatoms. The molecule has 0 saturated carbocycles. The Morgan fingerprint density at radius 2 is 0.659 bits per heavy atom.